The Hall–Kier alpha value is -3.08. The van der Waals surface area contributed by atoms with Crippen molar-refractivity contribution in [1.29, 1.82) is 0 Å². The molecule has 0 atom stereocenters. The normalized spacial score (nSPS) is 15.2. The molecule has 0 aliphatic heterocycles. The van der Waals surface area contributed by atoms with Crippen LogP contribution in [-0.2, 0) is 0 Å². The first-order valence-electron chi connectivity index (χ1n) is 9.77. The minimum absolute atomic E-state index is 0.265. The monoisotopic (exact) mass is 373 g/mol. The predicted octanol–water partition coefficient (Wildman–Crippen LogP) is 6.14. The first-order valence-corrected chi connectivity index (χ1v) is 9.77. The number of pyridine rings is 1. The first kappa shape index (κ1) is 17.0. The van der Waals surface area contributed by atoms with Crippen LogP contribution in [0.25, 0.3) is 33.6 Å². The second-order valence-electron chi connectivity index (χ2n) is 7.37. The van der Waals surface area contributed by atoms with Crippen molar-refractivity contribution in [3.63, 3.8) is 0 Å². The van der Waals surface area contributed by atoms with Crippen molar-refractivity contribution in [3.8, 4) is 22.7 Å². The standard InChI is InChI=1S/C23H20FN3O/c24-17-12-10-15(11-13-17)21-14-19(18-8-4-5-9-20(18)25-21)23-26-22(27-28-23)16-6-2-1-3-7-16/h4-5,8-14,16H,1-3,6-7H2. The molecule has 0 amide bonds. The maximum atomic E-state index is 13.3. The van der Waals surface area contributed by atoms with Crippen LogP contribution < -0.4 is 0 Å². The molecule has 140 valence electrons. The SMILES string of the molecule is Fc1ccc(-c2cc(-c3nc(C4CCCCC4)no3)c3ccccc3n2)cc1. The molecule has 1 aliphatic carbocycles. The molecule has 2 aromatic heterocycles. The van der Waals surface area contributed by atoms with E-state index in [0.29, 0.717) is 11.8 Å². The Kier molecular flexibility index (Phi) is 4.35. The van der Waals surface area contributed by atoms with Crippen LogP contribution in [0.5, 0.6) is 0 Å². The Balaban J connectivity index is 1.62. The Morgan fingerprint density at radius 1 is 0.893 bits per heavy atom. The number of halogens is 1. The molecule has 0 N–H and O–H groups in total. The summed E-state index contributed by atoms with van der Waals surface area (Å²) in [7, 11) is 0. The van der Waals surface area contributed by atoms with Gasteiger partial charge in [-0.25, -0.2) is 9.37 Å². The third-order valence-electron chi connectivity index (χ3n) is 5.50. The van der Waals surface area contributed by atoms with Crippen LogP contribution in [0, 0.1) is 5.82 Å². The zero-order chi connectivity index (χ0) is 18.9. The summed E-state index contributed by atoms with van der Waals surface area (Å²) in [6.07, 6.45) is 5.98. The van der Waals surface area contributed by atoms with Crippen molar-refractivity contribution in [2.75, 3.05) is 0 Å². The summed E-state index contributed by atoms with van der Waals surface area (Å²) < 4.78 is 19.0. The van der Waals surface area contributed by atoms with Gasteiger partial charge in [0.15, 0.2) is 5.82 Å². The summed E-state index contributed by atoms with van der Waals surface area (Å²) in [5, 5.41) is 5.25. The molecule has 4 aromatic rings. The smallest absolute Gasteiger partial charge is 0.258 e. The molecule has 1 fully saturated rings. The lowest BCUT2D eigenvalue weighted by atomic mass is 9.89. The molecule has 5 rings (SSSR count). The first-order chi connectivity index (χ1) is 13.8. The molecule has 5 heteroatoms. The topological polar surface area (TPSA) is 51.8 Å². The summed E-state index contributed by atoms with van der Waals surface area (Å²) in [5.41, 5.74) is 3.31. The highest BCUT2D eigenvalue weighted by Crippen LogP contribution is 2.35. The highest BCUT2D eigenvalue weighted by Gasteiger charge is 2.22. The van der Waals surface area contributed by atoms with Gasteiger partial charge in [0.05, 0.1) is 16.8 Å². The Bertz CT molecular complexity index is 1110. The van der Waals surface area contributed by atoms with Crippen molar-refractivity contribution >= 4 is 10.9 Å². The number of rotatable bonds is 3. The van der Waals surface area contributed by atoms with Crippen LogP contribution >= 0.6 is 0 Å². The molecule has 2 heterocycles. The van der Waals surface area contributed by atoms with Crippen LogP contribution in [0.2, 0.25) is 0 Å². The van der Waals surface area contributed by atoms with Crippen LogP contribution in [0.15, 0.2) is 59.1 Å². The molecule has 0 saturated heterocycles. The molecule has 0 radical (unpaired) electrons. The third kappa shape index (κ3) is 3.17. The van der Waals surface area contributed by atoms with Crippen LogP contribution in [0.4, 0.5) is 4.39 Å². The molecule has 1 aliphatic rings. The second kappa shape index (κ2) is 7.15. The minimum Gasteiger partial charge on any atom is -0.334 e. The number of hydrogen-bond donors (Lipinski definition) is 0. The third-order valence-corrected chi connectivity index (χ3v) is 5.50. The van der Waals surface area contributed by atoms with Crippen LogP contribution in [0.1, 0.15) is 43.8 Å². The molecule has 2 aromatic carbocycles. The Morgan fingerprint density at radius 3 is 2.50 bits per heavy atom. The Labute approximate surface area is 162 Å². The zero-order valence-corrected chi connectivity index (χ0v) is 15.4. The van der Waals surface area contributed by atoms with E-state index in [2.05, 4.69) is 5.16 Å². The van der Waals surface area contributed by atoms with Gasteiger partial charge in [0, 0.05) is 16.9 Å². The van der Waals surface area contributed by atoms with Crippen LogP contribution in [0.3, 0.4) is 0 Å². The molecule has 28 heavy (non-hydrogen) atoms. The van der Waals surface area contributed by atoms with Gasteiger partial charge in [0.2, 0.25) is 0 Å². The van der Waals surface area contributed by atoms with Gasteiger partial charge in [-0.2, -0.15) is 4.98 Å². The average Bonchev–Trinajstić information content (AvgIpc) is 3.24. The van der Waals surface area contributed by atoms with Gasteiger partial charge in [-0.05, 0) is 49.2 Å². The van der Waals surface area contributed by atoms with Crippen molar-refractivity contribution in [2.24, 2.45) is 0 Å². The number of benzene rings is 2. The number of hydrogen-bond acceptors (Lipinski definition) is 4. The van der Waals surface area contributed by atoms with E-state index in [-0.39, 0.29) is 5.82 Å². The van der Waals surface area contributed by atoms with E-state index in [9.17, 15) is 4.39 Å². The summed E-state index contributed by atoms with van der Waals surface area (Å²) in [4.78, 5) is 9.48. The van der Waals surface area contributed by atoms with E-state index in [1.165, 1.54) is 31.4 Å². The fraction of sp³-hybridized carbons (Fsp3) is 0.261. The second-order valence-corrected chi connectivity index (χ2v) is 7.37. The van der Waals surface area contributed by atoms with E-state index in [0.717, 1.165) is 46.4 Å². The van der Waals surface area contributed by atoms with E-state index in [4.69, 9.17) is 14.5 Å². The minimum atomic E-state index is -0.265. The van der Waals surface area contributed by atoms with E-state index < -0.39 is 0 Å². The van der Waals surface area contributed by atoms with E-state index in [1.807, 2.05) is 30.3 Å². The average molecular weight is 373 g/mol. The predicted molar refractivity (Wildman–Crippen MR) is 106 cm³/mol. The van der Waals surface area contributed by atoms with Gasteiger partial charge in [0.1, 0.15) is 5.82 Å². The van der Waals surface area contributed by atoms with Crippen molar-refractivity contribution in [3.05, 3.63) is 66.2 Å². The summed E-state index contributed by atoms with van der Waals surface area (Å²) in [6.45, 7) is 0. The van der Waals surface area contributed by atoms with Gasteiger partial charge < -0.3 is 4.52 Å². The van der Waals surface area contributed by atoms with Gasteiger partial charge in [-0.3, -0.25) is 0 Å². The fourth-order valence-electron chi connectivity index (χ4n) is 3.99. The lowest BCUT2D eigenvalue weighted by Gasteiger charge is -2.17. The van der Waals surface area contributed by atoms with Crippen molar-refractivity contribution in [2.45, 2.75) is 38.0 Å². The largest absolute Gasteiger partial charge is 0.334 e. The van der Waals surface area contributed by atoms with E-state index >= 15 is 0 Å². The van der Waals surface area contributed by atoms with E-state index in [1.54, 1.807) is 12.1 Å². The fourth-order valence-corrected chi connectivity index (χ4v) is 3.99. The summed E-state index contributed by atoms with van der Waals surface area (Å²) in [5.74, 6) is 1.44. The van der Waals surface area contributed by atoms with Gasteiger partial charge in [-0.15, -0.1) is 0 Å². The molecule has 0 bridgehead atoms. The molecule has 1 saturated carbocycles. The maximum absolute atomic E-state index is 13.3. The number of para-hydroxylation sites is 1. The number of nitrogens with zero attached hydrogens (tertiary/aromatic N) is 3. The number of aromatic nitrogens is 3. The Morgan fingerprint density at radius 2 is 1.68 bits per heavy atom. The summed E-state index contributed by atoms with van der Waals surface area (Å²) in [6, 6.07) is 16.2. The van der Waals surface area contributed by atoms with Gasteiger partial charge in [-0.1, -0.05) is 42.6 Å². The molecular weight excluding hydrogens is 353 g/mol. The summed E-state index contributed by atoms with van der Waals surface area (Å²) >= 11 is 0. The lowest BCUT2D eigenvalue weighted by Crippen LogP contribution is -2.06. The highest BCUT2D eigenvalue weighted by atomic mass is 19.1. The lowest BCUT2D eigenvalue weighted by molar-refractivity contribution is 0.385. The number of fused-ring (bicyclic) bond motifs is 1. The highest BCUT2D eigenvalue weighted by molar-refractivity contribution is 5.94. The molecule has 0 unspecified atom stereocenters. The van der Waals surface area contributed by atoms with Gasteiger partial charge in [0.25, 0.3) is 5.89 Å². The zero-order valence-electron chi connectivity index (χ0n) is 15.4. The molecular formula is C23H20FN3O. The molecule has 4 nitrogen and oxygen atoms in total. The quantitative estimate of drug-likeness (QED) is 0.433. The maximum Gasteiger partial charge on any atom is 0.258 e. The van der Waals surface area contributed by atoms with Gasteiger partial charge >= 0.3 is 0 Å². The molecule has 0 spiro atoms. The van der Waals surface area contributed by atoms with Crippen molar-refractivity contribution in [1.82, 2.24) is 15.1 Å². The van der Waals surface area contributed by atoms with Crippen LogP contribution in [-0.4, -0.2) is 15.1 Å². The van der Waals surface area contributed by atoms with Crippen molar-refractivity contribution < 1.29 is 8.91 Å².